The fraction of sp³-hybridized carbons (Fsp3) is 0.316. The molecule has 0 spiro atoms. The Morgan fingerprint density at radius 1 is 1.12 bits per heavy atom. The van der Waals surface area contributed by atoms with Gasteiger partial charge in [0.25, 0.3) is 0 Å². The Balaban J connectivity index is 1.86. The van der Waals surface area contributed by atoms with Gasteiger partial charge in [0.1, 0.15) is 11.5 Å². The van der Waals surface area contributed by atoms with E-state index in [1.807, 2.05) is 37.4 Å². The molecule has 1 aromatic carbocycles. The molecule has 6 nitrogen and oxygen atoms in total. The summed E-state index contributed by atoms with van der Waals surface area (Å²) < 4.78 is 0. The maximum absolute atomic E-state index is 6.05. The van der Waals surface area contributed by atoms with Crippen molar-refractivity contribution in [2.24, 2.45) is 0 Å². The van der Waals surface area contributed by atoms with Gasteiger partial charge in [0.15, 0.2) is 5.82 Å². The Bertz CT molecular complexity index is 883. The summed E-state index contributed by atoms with van der Waals surface area (Å²) in [6.07, 6.45) is 3.92. The molecule has 0 bridgehead atoms. The van der Waals surface area contributed by atoms with E-state index in [-0.39, 0.29) is 0 Å². The molecule has 0 aliphatic carbocycles. The molecule has 1 aliphatic rings. The number of hydrogen-bond acceptors (Lipinski definition) is 5. The monoisotopic (exact) mass is 368 g/mol. The molecule has 0 atom stereocenters. The Morgan fingerprint density at radius 3 is 2.62 bits per heavy atom. The van der Waals surface area contributed by atoms with E-state index in [0.29, 0.717) is 16.8 Å². The molecule has 0 saturated carbocycles. The summed E-state index contributed by atoms with van der Waals surface area (Å²) in [6.45, 7) is 2.02. The molecule has 4 rings (SSSR count). The first kappa shape index (κ1) is 17.0. The summed E-state index contributed by atoms with van der Waals surface area (Å²) >= 11 is 6.05. The quantitative estimate of drug-likeness (QED) is 0.654. The lowest BCUT2D eigenvalue weighted by atomic mass is 9.90. The number of benzene rings is 1. The van der Waals surface area contributed by atoms with E-state index in [4.69, 9.17) is 11.6 Å². The van der Waals surface area contributed by atoms with Crippen LogP contribution in [0.15, 0.2) is 36.5 Å². The third kappa shape index (κ3) is 3.30. The zero-order chi connectivity index (χ0) is 17.9. The molecule has 7 heteroatoms. The number of H-pyrrole nitrogens is 1. The van der Waals surface area contributed by atoms with Crippen molar-refractivity contribution in [3.8, 4) is 22.6 Å². The molecule has 2 aromatic heterocycles. The summed E-state index contributed by atoms with van der Waals surface area (Å²) in [7, 11) is 1.86. The molecule has 0 radical (unpaired) electrons. The number of aromatic nitrogens is 4. The number of nitrogens with zero attached hydrogens (tertiary/aromatic N) is 3. The van der Waals surface area contributed by atoms with Crippen molar-refractivity contribution in [2.75, 3.05) is 25.5 Å². The van der Waals surface area contributed by atoms with Gasteiger partial charge in [-0.15, -0.1) is 0 Å². The molecule has 1 aliphatic heterocycles. The van der Waals surface area contributed by atoms with Gasteiger partial charge in [-0.3, -0.25) is 5.10 Å². The van der Waals surface area contributed by atoms with Gasteiger partial charge in [0.2, 0.25) is 0 Å². The van der Waals surface area contributed by atoms with E-state index < -0.39 is 0 Å². The normalized spacial score (nSPS) is 15.2. The largest absolute Gasteiger partial charge is 0.373 e. The lowest BCUT2D eigenvalue weighted by molar-refractivity contribution is 0.453. The van der Waals surface area contributed by atoms with Crippen LogP contribution in [0.4, 0.5) is 5.82 Å². The molecule has 1 fully saturated rings. The van der Waals surface area contributed by atoms with Gasteiger partial charge < -0.3 is 10.6 Å². The predicted octanol–water partition coefficient (Wildman–Crippen LogP) is 3.70. The highest BCUT2D eigenvalue weighted by Gasteiger charge is 2.26. The van der Waals surface area contributed by atoms with Gasteiger partial charge in [-0.1, -0.05) is 23.7 Å². The lowest BCUT2D eigenvalue weighted by Gasteiger charge is -2.22. The van der Waals surface area contributed by atoms with E-state index in [1.54, 1.807) is 6.20 Å². The van der Waals surface area contributed by atoms with Gasteiger partial charge >= 0.3 is 0 Å². The standard InChI is InChI=1S/C19H21ClN6/c1-21-15-8-11-23-19(24-15)16-17(12-2-4-14(20)5-3-12)25-26-18(16)13-6-9-22-10-7-13/h2-5,8,11,13,22H,6-7,9-10H2,1H3,(H,25,26)(H,21,23,24). The molecular formula is C19H21ClN6. The Hall–Kier alpha value is -2.44. The highest BCUT2D eigenvalue weighted by molar-refractivity contribution is 6.30. The van der Waals surface area contributed by atoms with Gasteiger partial charge in [-0.05, 0) is 44.1 Å². The topological polar surface area (TPSA) is 78.5 Å². The van der Waals surface area contributed by atoms with Crippen LogP contribution in [0.5, 0.6) is 0 Å². The minimum absolute atomic E-state index is 0.418. The average molecular weight is 369 g/mol. The first-order valence-electron chi connectivity index (χ1n) is 8.82. The van der Waals surface area contributed by atoms with Crippen LogP contribution in [0.2, 0.25) is 5.02 Å². The molecular weight excluding hydrogens is 348 g/mol. The SMILES string of the molecule is CNc1ccnc(-c2c(-c3ccc(Cl)cc3)n[nH]c2C2CCNCC2)n1. The second kappa shape index (κ2) is 7.43. The molecule has 0 unspecified atom stereocenters. The van der Waals surface area contributed by atoms with Gasteiger partial charge in [0.05, 0.1) is 11.3 Å². The van der Waals surface area contributed by atoms with Crippen LogP contribution in [0.1, 0.15) is 24.5 Å². The van der Waals surface area contributed by atoms with Gasteiger partial charge in [0, 0.05) is 29.7 Å². The predicted molar refractivity (Wildman–Crippen MR) is 104 cm³/mol. The fourth-order valence-corrected chi connectivity index (χ4v) is 3.55. The van der Waals surface area contributed by atoms with Crippen molar-refractivity contribution in [1.82, 2.24) is 25.5 Å². The van der Waals surface area contributed by atoms with Crippen molar-refractivity contribution < 1.29 is 0 Å². The maximum atomic E-state index is 6.05. The smallest absolute Gasteiger partial charge is 0.165 e. The summed E-state index contributed by atoms with van der Waals surface area (Å²) in [5.41, 5.74) is 3.96. The Labute approximate surface area is 157 Å². The second-order valence-corrected chi connectivity index (χ2v) is 6.84. The molecule has 0 amide bonds. The van der Waals surface area contributed by atoms with Crippen LogP contribution in [0.3, 0.4) is 0 Å². The summed E-state index contributed by atoms with van der Waals surface area (Å²) in [6, 6.07) is 9.58. The Kier molecular flexibility index (Phi) is 4.86. The minimum Gasteiger partial charge on any atom is -0.373 e. The van der Waals surface area contributed by atoms with Crippen LogP contribution in [0, 0.1) is 0 Å². The number of halogens is 1. The number of nitrogens with one attached hydrogen (secondary N) is 3. The minimum atomic E-state index is 0.418. The van der Waals surface area contributed by atoms with Crippen LogP contribution >= 0.6 is 11.6 Å². The zero-order valence-corrected chi connectivity index (χ0v) is 15.3. The van der Waals surface area contributed by atoms with E-state index >= 15 is 0 Å². The Morgan fingerprint density at radius 2 is 1.88 bits per heavy atom. The zero-order valence-electron chi connectivity index (χ0n) is 14.6. The van der Waals surface area contributed by atoms with Crippen LogP contribution in [-0.2, 0) is 0 Å². The van der Waals surface area contributed by atoms with E-state index in [1.165, 1.54) is 0 Å². The second-order valence-electron chi connectivity index (χ2n) is 6.41. The van der Waals surface area contributed by atoms with Gasteiger partial charge in [-0.25, -0.2) is 9.97 Å². The summed E-state index contributed by atoms with van der Waals surface area (Å²) in [5, 5.41) is 15.1. The maximum Gasteiger partial charge on any atom is 0.165 e. The third-order valence-electron chi connectivity index (χ3n) is 4.79. The number of rotatable bonds is 4. The van der Waals surface area contributed by atoms with Crippen molar-refractivity contribution in [1.29, 1.82) is 0 Å². The van der Waals surface area contributed by atoms with Crippen molar-refractivity contribution in [3.05, 3.63) is 47.2 Å². The molecule has 3 heterocycles. The number of hydrogen-bond donors (Lipinski definition) is 3. The van der Waals surface area contributed by atoms with Crippen molar-refractivity contribution in [3.63, 3.8) is 0 Å². The first-order chi connectivity index (χ1) is 12.8. The molecule has 134 valence electrons. The average Bonchev–Trinajstić information content (AvgIpc) is 3.14. The van der Waals surface area contributed by atoms with E-state index in [2.05, 4.69) is 30.8 Å². The van der Waals surface area contributed by atoms with Crippen molar-refractivity contribution in [2.45, 2.75) is 18.8 Å². The number of anilines is 1. The van der Waals surface area contributed by atoms with Crippen LogP contribution in [-0.4, -0.2) is 40.3 Å². The number of aromatic amines is 1. The highest BCUT2D eigenvalue weighted by atomic mass is 35.5. The van der Waals surface area contributed by atoms with Crippen LogP contribution in [0.25, 0.3) is 22.6 Å². The third-order valence-corrected chi connectivity index (χ3v) is 5.05. The van der Waals surface area contributed by atoms with Crippen molar-refractivity contribution >= 4 is 17.4 Å². The van der Waals surface area contributed by atoms with Crippen LogP contribution < -0.4 is 10.6 Å². The first-order valence-corrected chi connectivity index (χ1v) is 9.20. The molecule has 26 heavy (non-hydrogen) atoms. The summed E-state index contributed by atoms with van der Waals surface area (Å²) in [4.78, 5) is 9.21. The van der Waals surface area contributed by atoms with E-state index in [0.717, 1.165) is 54.3 Å². The lowest BCUT2D eigenvalue weighted by Crippen LogP contribution is -2.27. The molecule has 3 aromatic rings. The van der Waals surface area contributed by atoms with Gasteiger partial charge in [-0.2, -0.15) is 5.10 Å². The molecule has 3 N–H and O–H groups in total. The summed E-state index contributed by atoms with van der Waals surface area (Å²) in [5.74, 6) is 1.89. The number of piperidine rings is 1. The molecule has 1 saturated heterocycles. The fourth-order valence-electron chi connectivity index (χ4n) is 3.42. The van der Waals surface area contributed by atoms with E-state index in [9.17, 15) is 0 Å². The highest BCUT2D eigenvalue weighted by Crippen LogP contribution is 2.38.